The predicted octanol–water partition coefficient (Wildman–Crippen LogP) is 0.104. The number of sulfonamides is 1. The fraction of sp³-hybridized carbons (Fsp3) is 0.278. The molecule has 0 radical (unpaired) electrons. The Morgan fingerprint density at radius 3 is 2.23 bits per heavy atom. The van der Waals surface area contributed by atoms with E-state index >= 15 is 0 Å². The van der Waals surface area contributed by atoms with Gasteiger partial charge in [0, 0.05) is 18.5 Å². The Kier molecular flexibility index (Phi) is 9.02. The number of nitrogens with one attached hydrogen (secondary N) is 2. The average Bonchev–Trinajstić information content (AvgIpc) is 2.57. The smallest absolute Gasteiger partial charge is 0.246 e. The van der Waals surface area contributed by atoms with Gasteiger partial charge in [0.2, 0.25) is 15.9 Å². The second-order valence-corrected chi connectivity index (χ2v) is 8.05. The maximum atomic E-state index is 12.2. The minimum absolute atomic E-state index is 0. The van der Waals surface area contributed by atoms with Crippen molar-refractivity contribution in [3.05, 3.63) is 59.1 Å². The van der Waals surface area contributed by atoms with Crippen molar-refractivity contribution in [2.45, 2.75) is 18.7 Å². The molecule has 8 heteroatoms. The third-order valence-corrected chi connectivity index (χ3v) is 5.54. The lowest BCUT2D eigenvalue weighted by atomic mass is 10.2. The minimum Gasteiger partial charge on any atom is -1.00 e. The first-order valence-corrected chi connectivity index (χ1v) is 9.78. The van der Waals surface area contributed by atoms with Gasteiger partial charge in [0.15, 0.2) is 0 Å². The Morgan fingerprint density at radius 1 is 1.08 bits per heavy atom. The third kappa shape index (κ3) is 6.86. The number of amidine groups is 1. The van der Waals surface area contributed by atoms with Crippen molar-refractivity contribution in [1.29, 1.82) is 0 Å². The van der Waals surface area contributed by atoms with Gasteiger partial charge in [-0.1, -0.05) is 29.3 Å². The zero-order valence-corrected chi connectivity index (χ0v) is 18.7. The standard InChI is InChI=1S/C18H22ClN3O2S.HI/c1-14-4-8-17(9-5-14)21-15(2)22(3)13-12-20-25(23,24)18-10-6-16(19)7-11-18;/h4-11,20H,12-13H2,1-3H3;1H. The molecule has 0 aliphatic rings. The molecule has 0 spiro atoms. The fourth-order valence-corrected chi connectivity index (χ4v) is 3.30. The zero-order valence-electron chi connectivity index (χ0n) is 15.0. The molecule has 0 aliphatic heterocycles. The van der Waals surface area contributed by atoms with E-state index in [1.807, 2.05) is 49.7 Å². The van der Waals surface area contributed by atoms with E-state index in [1.54, 1.807) is 12.1 Å². The molecular weight excluding hydrogens is 485 g/mol. The first-order chi connectivity index (χ1) is 11.8. The van der Waals surface area contributed by atoms with Crippen LogP contribution in [0.2, 0.25) is 5.02 Å². The van der Waals surface area contributed by atoms with Crippen LogP contribution in [0.4, 0.5) is 5.69 Å². The quantitative estimate of drug-likeness (QED) is 0.252. The molecule has 0 heterocycles. The topological polar surface area (TPSA) is 61.2 Å². The number of hydrogen-bond donors (Lipinski definition) is 2. The molecule has 142 valence electrons. The lowest BCUT2D eigenvalue weighted by Crippen LogP contribution is -3.00. The van der Waals surface area contributed by atoms with Crippen LogP contribution in [0.5, 0.6) is 0 Å². The summed E-state index contributed by atoms with van der Waals surface area (Å²) in [5, 5.41) is 3.81. The van der Waals surface area contributed by atoms with Crippen LogP contribution >= 0.6 is 11.6 Å². The van der Waals surface area contributed by atoms with E-state index in [-0.39, 0.29) is 28.9 Å². The van der Waals surface area contributed by atoms with E-state index in [4.69, 9.17) is 11.6 Å². The highest BCUT2D eigenvalue weighted by Crippen LogP contribution is 2.13. The SMILES string of the molecule is CC(Nc1ccc(C)cc1)=[N+](C)CCNS(=O)(=O)c1ccc(Cl)cc1.[I-]. The van der Waals surface area contributed by atoms with Crippen molar-refractivity contribution >= 4 is 33.1 Å². The maximum Gasteiger partial charge on any atom is 0.246 e. The van der Waals surface area contributed by atoms with Crippen LogP contribution in [0.15, 0.2) is 53.4 Å². The molecule has 2 N–H and O–H groups in total. The second kappa shape index (κ2) is 10.2. The predicted molar refractivity (Wildman–Crippen MR) is 103 cm³/mol. The van der Waals surface area contributed by atoms with E-state index in [0.29, 0.717) is 18.1 Å². The summed E-state index contributed by atoms with van der Waals surface area (Å²) < 4.78 is 29.0. The molecule has 0 atom stereocenters. The molecule has 0 bridgehead atoms. The summed E-state index contributed by atoms with van der Waals surface area (Å²) in [5.41, 5.74) is 2.20. The van der Waals surface area contributed by atoms with Crippen molar-refractivity contribution in [2.75, 3.05) is 25.5 Å². The number of rotatable bonds is 6. The van der Waals surface area contributed by atoms with Gasteiger partial charge in [-0.05, 0) is 43.3 Å². The van der Waals surface area contributed by atoms with Gasteiger partial charge in [-0.25, -0.2) is 18.5 Å². The van der Waals surface area contributed by atoms with E-state index in [1.165, 1.54) is 17.7 Å². The molecular formula is C18H23ClIN3O2S. The Balaban J connectivity index is 0.00000338. The van der Waals surface area contributed by atoms with Crippen LogP contribution in [-0.2, 0) is 10.0 Å². The summed E-state index contributed by atoms with van der Waals surface area (Å²) in [4.78, 5) is 0.207. The minimum atomic E-state index is -3.53. The number of halogens is 2. The first kappa shape index (κ1) is 22.9. The number of nitrogens with zero attached hydrogens (tertiary/aromatic N) is 1. The fourth-order valence-electron chi connectivity index (χ4n) is 2.15. The Bertz CT molecular complexity index is 851. The molecule has 0 fully saturated rings. The molecule has 2 aromatic rings. The highest BCUT2D eigenvalue weighted by Gasteiger charge is 2.14. The van der Waals surface area contributed by atoms with Crippen LogP contribution in [0.1, 0.15) is 12.5 Å². The van der Waals surface area contributed by atoms with E-state index < -0.39 is 10.0 Å². The van der Waals surface area contributed by atoms with Crippen LogP contribution in [0, 0.1) is 6.92 Å². The van der Waals surface area contributed by atoms with Crippen molar-refractivity contribution in [2.24, 2.45) is 0 Å². The molecule has 0 unspecified atom stereocenters. The van der Waals surface area contributed by atoms with Crippen molar-refractivity contribution < 1.29 is 37.0 Å². The Hall–Kier alpha value is -1.16. The summed E-state index contributed by atoms with van der Waals surface area (Å²) in [6.45, 7) is 4.83. The molecule has 2 aromatic carbocycles. The summed E-state index contributed by atoms with van der Waals surface area (Å²) in [5.74, 6) is 0.939. The largest absolute Gasteiger partial charge is 1.00 e. The van der Waals surface area contributed by atoms with Crippen molar-refractivity contribution in [3.8, 4) is 0 Å². The molecule has 0 aliphatic carbocycles. The highest BCUT2D eigenvalue weighted by atomic mass is 127. The van der Waals surface area contributed by atoms with Crippen LogP contribution in [0.25, 0.3) is 0 Å². The van der Waals surface area contributed by atoms with E-state index in [9.17, 15) is 8.42 Å². The van der Waals surface area contributed by atoms with Gasteiger partial charge < -0.3 is 24.0 Å². The van der Waals surface area contributed by atoms with Gasteiger partial charge in [-0.15, -0.1) is 0 Å². The van der Waals surface area contributed by atoms with Crippen LogP contribution < -0.4 is 34.0 Å². The Labute approximate surface area is 177 Å². The summed E-state index contributed by atoms with van der Waals surface area (Å²) >= 11 is 5.79. The van der Waals surface area contributed by atoms with Gasteiger partial charge in [0.25, 0.3) is 0 Å². The van der Waals surface area contributed by atoms with E-state index in [0.717, 1.165) is 11.5 Å². The maximum absolute atomic E-state index is 12.2. The molecule has 2 rings (SSSR count). The van der Waals surface area contributed by atoms with E-state index in [2.05, 4.69) is 10.0 Å². The molecule has 0 saturated carbocycles. The normalized spacial score (nSPS) is 12.2. The average molecular weight is 508 g/mol. The number of benzene rings is 2. The third-order valence-electron chi connectivity index (χ3n) is 3.81. The Morgan fingerprint density at radius 2 is 1.65 bits per heavy atom. The van der Waals surface area contributed by atoms with Gasteiger partial charge in [0.05, 0.1) is 18.5 Å². The summed E-state index contributed by atoms with van der Waals surface area (Å²) in [7, 11) is -1.62. The molecule has 0 aromatic heterocycles. The molecule has 26 heavy (non-hydrogen) atoms. The number of hydrogen-bond acceptors (Lipinski definition) is 2. The van der Waals surface area contributed by atoms with Gasteiger partial charge >= 0.3 is 0 Å². The van der Waals surface area contributed by atoms with Crippen molar-refractivity contribution in [3.63, 3.8) is 0 Å². The molecule has 0 saturated heterocycles. The number of aryl methyl sites for hydroxylation is 1. The first-order valence-electron chi connectivity index (χ1n) is 7.91. The lowest BCUT2D eigenvalue weighted by Gasteiger charge is -2.09. The second-order valence-electron chi connectivity index (χ2n) is 5.85. The number of anilines is 1. The van der Waals surface area contributed by atoms with Gasteiger partial charge in [-0.2, -0.15) is 0 Å². The summed E-state index contributed by atoms with van der Waals surface area (Å²) in [6, 6.07) is 14.2. The van der Waals surface area contributed by atoms with Crippen LogP contribution in [0.3, 0.4) is 0 Å². The monoisotopic (exact) mass is 507 g/mol. The zero-order chi connectivity index (χ0) is 18.4. The molecule has 5 nitrogen and oxygen atoms in total. The van der Waals surface area contributed by atoms with Crippen LogP contribution in [-0.4, -0.2) is 39.0 Å². The summed E-state index contributed by atoms with van der Waals surface area (Å²) in [6.07, 6.45) is 0. The number of likely N-dealkylation sites (N-methyl/N-ethyl adjacent to an activating group) is 1. The van der Waals surface area contributed by atoms with Gasteiger partial charge in [0.1, 0.15) is 5.69 Å². The molecule has 0 amide bonds. The van der Waals surface area contributed by atoms with Crippen molar-refractivity contribution in [1.82, 2.24) is 4.72 Å². The highest BCUT2D eigenvalue weighted by molar-refractivity contribution is 7.89. The van der Waals surface area contributed by atoms with Gasteiger partial charge in [-0.3, -0.25) is 4.58 Å². The lowest BCUT2D eigenvalue weighted by molar-refractivity contribution is -0.495.